The fourth-order valence-electron chi connectivity index (χ4n) is 1.43. The standard InChI is InChI=1S/C13H10F3N3O3/c14-13(15,16)22-10-4-2-9(3-5-10)19-11(20)8-21-12-17-6-1-7-18-12/h1-7H,8H2,(H,19,20). The number of amides is 1. The number of aromatic nitrogens is 2. The van der Waals surface area contributed by atoms with Crippen LogP contribution in [0.5, 0.6) is 11.8 Å². The predicted octanol–water partition coefficient (Wildman–Crippen LogP) is 2.39. The molecule has 0 fully saturated rings. The van der Waals surface area contributed by atoms with Crippen LogP contribution < -0.4 is 14.8 Å². The molecule has 1 aromatic heterocycles. The molecular weight excluding hydrogens is 303 g/mol. The molecule has 116 valence electrons. The molecular formula is C13H10F3N3O3. The van der Waals surface area contributed by atoms with E-state index in [1.54, 1.807) is 6.07 Å². The van der Waals surface area contributed by atoms with E-state index in [4.69, 9.17) is 4.74 Å². The first-order chi connectivity index (χ1) is 10.4. The van der Waals surface area contributed by atoms with Crippen molar-refractivity contribution in [3.63, 3.8) is 0 Å². The van der Waals surface area contributed by atoms with Crippen molar-refractivity contribution < 1.29 is 27.4 Å². The first-order valence-electron chi connectivity index (χ1n) is 5.98. The van der Waals surface area contributed by atoms with Crippen molar-refractivity contribution in [3.05, 3.63) is 42.7 Å². The van der Waals surface area contributed by atoms with Crippen molar-refractivity contribution in [2.24, 2.45) is 0 Å². The molecule has 0 radical (unpaired) electrons. The third-order valence-electron chi connectivity index (χ3n) is 2.25. The van der Waals surface area contributed by atoms with Crippen molar-refractivity contribution in [2.75, 3.05) is 11.9 Å². The van der Waals surface area contributed by atoms with Crippen LogP contribution in [0.3, 0.4) is 0 Å². The number of nitrogens with zero attached hydrogens (tertiary/aromatic N) is 2. The zero-order valence-corrected chi connectivity index (χ0v) is 11.0. The Morgan fingerprint density at radius 3 is 2.36 bits per heavy atom. The maximum absolute atomic E-state index is 12.0. The van der Waals surface area contributed by atoms with E-state index in [0.29, 0.717) is 5.69 Å². The summed E-state index contributed by atoms with van der Waals surface area (Å²) >= 11 is 0. The third kappa shape index (κ3) is 5.27. The lowest BCUT2D eigenvalue weighted by Crippen LogP contribution is -2.21. The first-order valence-corrected chi connectivity index (χ1v) is 5.98. The van der Waals surface area contributed by atoms with Crippen molar-refractivity contribution in [1.82, 2.24) is 9.97 Å². The second kappa shape index (κ2) is 6.74. The highest BCUT2D eigenvalue weighted by molar-refractivity contribution is 5.91. The highest BCUT2D eigenvalue weighted by atomic mass is 19.4. The number of rotatable bonds is 5. The van der Waals surface area contributed by atoms with E-state index in [2.05, 4.69) is 20.0 Å². The van der Waals surface area contributed by atoms with Gasteiger partial charge in [0, 0.05) is 18.1 Å². The lowest BCUT2D eigenvalue weighted by molar-refractivity contribution is -0.274. The Kier molecular flexibility index (Phi) is 4.77. The number of halogens is 3. The second-order valence-corrected chi connectivity index (χ2v) is 3.94. The average Bonchev–Trinajstić information content (AvgIpc) is 2.47. The van der Waals surface area contributed by atoms with Gasteiger partial charge in [0.2, 0.25) is 0 Å². The number of carbonyl (C=O) groups excluding carboxylic acids is 1. The van der Waals surface area contributed by atoms with Crippen molar-refractivity contribution >= 4 is 11.6 Å². The molecule has 0 spiro atoms. The van der Waals surface area contributed by atoms with Crippen molar-refractivity contribution in [3.8, 4) is 11.8 Å². The molecule has 2 rings (SSSR count). The van der Waals surface area contributed by atoms with Gasteiger partial charge in [-0.2, -0.15) is 0 Å². The minimum Gasteiger partial charge on any atom is -0.453 e. The van der Waals surface area contributed by atoms with Crippen LogP contribution in [0.4, 0.5) is 18.9 Å². The van der Waals surface area contributed by atoms with E-state index in [-0.39, 0.29) is 18.4 Å². The fraction of sp³-hybridized carbons (Fsp3) is 0.154. The summed E-state index contributed by atoms with van der Waals surface area (Å²) in [5, 5.41) is 2.45. The van der Waals surface area contributed by atoms with Crippen LogP contribution in [0.25, 0.3) is 0 Å². The van der Waals surface area contributed by atoms with E-state index in [1.807, 2.05) is 0 Å². The van der Waals surface area contributed by atoms with Crippen molar-refractivity contribution in [2.45, 2.75) is 6.36 Å². The minimum absolute atomic E-state index is 0.0478. The number of alkyl halides is 3. The average molecular weight is 313 g/mol. The molecule has 0 bridgehead atoms. The third-order valence-corrected chi connectivity index (χ3v) is 2.25. The number of ether oxygens (including phenoxy) is 2. The lowest BCUT2D eigenvalue weighted by atomic mass is 10.3. The Morgan fingerprint density at radius 2 is 1.77 bits per heavy atom. The normalized spacial score (nSPS) is 10.9. The zero-order chi connectivity index (χ0) is 16.0. The highest BCUT2D eigenvalue weighted by Gasteiger charge is 2.30. The molecule has 0 aliphatic carbocycles. The van der Waals surface area contributed by atoms with Crippen LogP contribution in [0.2, 0.25) is 0 Å². The smallest absolute Gasteiger partial charge is 0.453 e. The molecule has 1 aromatic carbocycles. The zero-order valence-electron chi connectivity index (χ0n) is 11.0. The molecule has 0 unspecified atom stereocenters. The predicted molar refractivity (Wildman–Crippen MR) is 69.3 cm³/mol. The molecule has 1 N–H and O–H groups in total. The van der Waals surface area contributed by atoms with Gasteiger partial charge >= 0.3 is 12.4 Å². The molecule has 9 heteroatoms. The maximum Gasteiger partial charge on any atom is 0.573 e. The van der Waals surface area contributed by atoms with Crippen LogP contribution in [-0.4, -0.2) is 28.8 Å². The van der Waals surface area contributed by atoms with Crippen LogP contribution in [0.15, 0.2) is 42.7 Å². The largest absolute Gasteiger partial charge is 0.573 e. The quantitative estimate of drug-likeness (QED) is 0.917. The Hall–Kier alpha value is -2.84. The van der Waals surface area contributed by atoms with Gasteiger partial charge in [-0.3, -0.25) is 4.79 Å². The van der Waals surface area contributed by atoms with E-state index in [1.165, 1.54) is 24.5 Å². The van der Waals surface area contributed by atoms with Gasteiger partial charge < -0.3 is 14.8 Å². The van der Waals surface area contributed by atoms with Crippen LogP contribution in [-0.2, 0) is 4.79 Å². The number of nitrogens with one attached hydrogen (secondary N) is 1. The Bertz CT molecular complexity index is 618. The van der Waals surface area contributed by atoms with Gasteiger partial charge in [0.05, 0.1) is 0 Å². The fourth-order valence-corrected chi connectivity index (χ4v) is 1.43. The van der Waals surface area contributed by atoms with Gasteiger partial charge in [-0.05, 0) is 30.3 Å². The van der Waals surface area contributed by atoms with Gasteiger partial charge in [-0.15, -0.1) is 13.2 Å². The summed E-state index contributed by atoms with van der Waals surface area (Å²) in [6.45, 7) is -0.329. The summed E-state index contributed by atoms with van der Waals surface area (Å²) in [5.74, 6) is -0.878. The lowest BCUT2D eigenvalue weighted by Gasteiger charge is -2.10. The molecule has 0 saturated heterocycles. The first kappa shape index (κ1) is 15.5. The Balaban J connectivity index is 1.84. The SMILES string of the molecule is O=C(COc1ncccn1)Nc1ccc(OC(F)(F)F)cc1. The van der Waals surface area contributed by atoms with E-state index >= 15 is 0 Å². The molecule has 22 heavy (non-hydrogen) atoms. The summed E-state index contributed by atoms with van der Waals surface area (Å²) < 4.78 is 44.7. The van der Waals surface area contributed by atoms with Crippen molar-refractivity contribution in [1.29, 1.82) is 0 Å². The van der Waals surface area contributed by atoms with Gasteiger partial charge in [-0.1, -0.05) is 0 Å². The maximum atomic E-state index is 12.0. The summed E-state index contributed by atoms with van der Waals surface area (Å²) in [6, 6.07) is 6.37. The molecule has 0 aliphatic heterocycles. The molecule has 1 amide bonds. The van der Waals surface area contributed by atoms with E-state index in [0.717, 1.165) is 12.1 Å². The summed E-state index contributed by atoms with van der Waals surface area (Å²) in [7, 11) is 0. The van der Waals surface area contributed by atoms with Gasteiger partial charge in [0.1, 0.15) is 5.75 Å². The van der Waals surface area contributed by atoms with E-state index < -0.39 is 12.3 Å². The molecule has 2 aromatic rings. The molecule has 1 heterocycles. The van der Waals surface area contributed by atoms with Crippen LogP contribution in [0.1, 0.15) is 0 Å². The topological polar surface area (TPSA) is 73.3 Å². The van der Waals surface area contributed by atoms with Crippen LogP contribution >= 0.6 is 0 Å². The Morgan fingerprint density at radius 1 is 1.14 bits per heavy atom. The van der Waals surface area contributed by atoms with Gasteiger partial charge in [-0.25, -0.2) is 9.97 Å². The van der Waals surface area contributed by atoms with E-state index in [9.17, 15) is 18.0 Å². The highest BCUT2D eigenvalue weighted by Crippen LogP contribution is 2.23. The summed E-state index contributed by atoms with van der Waals surface area (Å²) in [4.78, 5) is 19.1. The molecule has 0 saturated carbocycles. The van der Waals surface area contributed by atoms with Gasteiger partial charge in [0.15, 0.2) is 6.61 Å². The molecule has 6 nitrogen and oxygen atoms in total. The number of anilines is 1. The summed E-state index contributed by atoms with van der Waals surface area (Å²) in [5.41, 5.74) is 0.303. The van der Waals surface area contributed by atoms with Crippen LogP contribution in [0, 0.1) is 0 Å². The monoisotopic (exact) mass is 313 g/mol. The number of hydrogen-bond donors (Lipinski definition) is 1. The second-order valence-electron chi connectivity index (χ2n) is 3.94. The number of hydrogen-bond acceptors (Lipinski definition) is 5. The summed E-state index contributed by atoms with van der Waals surface area (Å²) in [6.07, 6.45) is -1.84. The Labute approximate surface area is 122 Å². The molecule has 0 atom stereocenters. The van der Waals surface area contributed by atoms with Gasteiger partial charge in [0.25, 0.3) is 5.91 Å². The number of benzene rings is 1. The molecule has 0 aliphatic rings. The number of carbonyl (C=O) groups is 1. The minimum atomic E-state index is -4.76.